The summed E-state index contributed by atoms with van der Waals surface area (Å²) >= 11 is 0. The number of carbonyl (C=O) groups is 2. The second kappa shape index (κ2) is 13.9. The maximum atomic E-state index is 12.6. The van der Waals surface area contributed by atoms with Crippen LogP contribution >= 0.6 is 0 Å². The molecule has 206 valence electrons. The van der Waals surface area contributed by atoms with Gasteiger partial charge < -0.3 is 14.6 Å². The zero-order valence-corrected chi connectivity index (χ0v) is 22.7. The van der Waals surface area contributed by atoms with E-state index in [9.17, 15) is 14.7 Å². The number of carbonyl (C=O) groups excluding carboxylic acids is 2. The summed E-state index contributed by atoms with van der Waals surface area (Å²) in [5.74, 6) is -0.0855. The summed E-state index contributed by atoms with van der Waals surface area (Å²) < 4.78 is 11.2. The van der Waals surface area contributed by atoms with Crippen molar-refractivity contribution in [3.8, 4) is 0 Å². The van der Waals surface area contributed by atoms with Crippen LogP contribution in [0.1, 0.15) is 101 Å². The molecule has 2 aliphatic rings. The summed E-state index contributed by atoms with van der Waals surface area (Å²) in [6.45, 7) is 0.708. The average Bonchev–Trinajstić information content (AvgIpc) is 3.88. The Hall–Kier alpha value is -2.66. The van der Waals surface area contributed by atoms with E-state index in [-0.39, 0.29) is 28.9 Å². The molecule has 0 atom stereocenters. The van der Waals surface area contributed by atoms with Crippen molar-refractivity contribution >= 4 is 11.9 Å². The number of hydrogen-bond donors (Lipinski definition) is 1. The van der Waals surface area contributed by atoms with E-state index in [1.807, 2.05) is 60.7 Å². The Labute approximate surface area is 227 Å². The fourth-order valence-electron chi connectivity index (χ4n) is 5.35. The maximum Gasteiger partial charge on any atom is 0.312 e. The molecule has 1 N–H and O–H groups in total. The molecule has 0 amide bonds. The number of aliphatic hydroxyl groups is 1. The number of unbranched alkanes of at least 4 members (excludes halogenated alkanes) is 4. The summed E-state index contributed by atoms with van der Waals surface area (Å²) in [7, 11) is 0. The van der Waals surface area contributed by atoms with Crippen LogP contribution in [0, 0.1) is 10.8 Å². The van der Waals surface area contributed by atoms with Crippen LogP contribution in [0.2, 0.25) is 0 Å². The van der Waals surface area contributed by atoms with Crippen LogP contribution in [0.15, 0.2) is 60.7 Å². The van der Waals surface area contributed by atoms with Gasteiger partial charge in [-0.05, 0) is 62.5 Å². The zero-order chi connectivity index (χ0) is 26.7. The van der Waals surface area contributed by atoms with Crippen molar-refractivity contribution in [2.45, 2.75) is 109 Å². The highest BCUT2D eigenvalue weighted by atomic mass is 16.5. The van der Waals surface area contributed by atoms with E-state index in [1.165, 1.54) is 0 Å². The first-order valence-electron chi connectivity index (χ1n) is 14.6. The Kier molecular flexibility index (Phi) is 10.4. The normalized spacial score (nSPS) is 16.7. The lowest BCUT2D eigenvalue weighted by molar-refractivity contribution is -0.152. The van der Waals surface area contributed by atoms with E-state index < -0.39 is 0 Å². The van der Waals surface area contributed by atoms with E-state index in [0.29, 0.717) is 13.2 Å². The van der Waals surface area contributed by atoms with Crippen molar-refractivity contribution in [1.82, 2.24) is 0 Å². The quantitative estimate of drug-likeness (QED) is 0.165. The predicted octanol–water partition coefficient (Wildman–Crippen LogP) is 7.30. The van der Waals surface area contributed by atoms with Gasteiger partial charge in [0.1, 0.15) is 13.2 Å². The van der Waals surface area contributed by atoms with Crippen LogP contribution in [0.4, 0.5) is 0 Å². The van der Waals surface area contributed by atoms with Gasteiger partial charge in [0, 0.05) is 0 Å². The van der Waals surface area contributed by atoms with E-state index in [1.54, 1.807) is 0 Å². The minimum absolute atomic E-state index is 0.0428. The smallest absolute Gasteiger partial charge is 0.312 e. The van der Waals surface area contributed by atoms with Crippen molar-refractivity contribution < 1.29 is 24.2 Å². The summed E-state index contributed by atoms with van der Waals surface area (Å²) in [4.78, 5) is 25.1. The Morgan fingerprint density at radius 1 is 0.632 bits per heavy atom. The molecule has 0 bridgehead atoms. The van der Waals surface area contributed by atoms with Crippen molar-refractivity contribution in [2.75, 3.05) is 0 Å². The Balaban J connectivity index is 0.995. The molecule has 0 radical (unpaired) electrons. The largest absolute Gasteiger partial charge is 0.460 e. The van der Waals surface area contributed by atoms with Crippen LogP contribution in [-0.4, -0.2) is 23.1 Å². The fourth-order valence-corrected chi connectivity index (χ4v) is 5.35. The molecule has 4 rings (SSSR count). The highest BCUT2D eigenvalue weighted by molar-refractivity contribution is 5.80. The average molecular weight is 521 g/mol. The van der Waals surface area contributed by atoms with Gasteiger partial charge in [-0.15, -0.1) is 0 Å². The Bertz CT molecular complexity index is 913. The first-order chi connectivity index (χ1) is 18.5. The number of benzene rings is 2. The van der Waals surface area contributed by atoms with Gasteiger partial charge in [0.25, 0.3) is 0 Å². The SMILES string of the molecule is O=C(OCc1ccccc1)C1(CCCCCC(O)CCCCCC2(C(=O)OCc3ccccc3)CC2)CC1. The van der Waals surface area contributed by atoms with Crippen LogP contribution < -0.4 is 0 Å². The molecular formula is C33H44O5. The van der Waals surface area contributed by atoms with Gasteiger partial charge in [-0.1, -0.05) is 99.2 Å². The summed E-state index contributed by atoms with van der Waals surface area (Å²) in [6.07, 6.45) is 13.0. The lowest BCUT2D eigenvalue weighted by Gasteiger charge is -2.15. The highest BCUT2D eigenvalue weighted by Crippen LogP contribution is 2.52. The van der Waals surface area contributed by atoms with E-state index >= 15 is 0 Å². The second-order valence-corrected chi connectivity index (χ2v) is 11.5. The molecule has 0 unspecified atom stereocenters. The molecule has 5 heteroatoms. The minimum atomic E-state index is -0.258. The van der Waals surface area contributed by atoms with Gasteiger partial charge in [0.2, 0.25) is 0 Å². The molecule has 0 spiro atoms. The Morgan fingerprint density at radius 3 is 1.39 bits per heavy atom. The monoisotopic (exact) mass is 520 g/mol. The molecule has 0 saturated heterocycles. The molecule has 0 aliphatic heterocycles. The maximum absolute atomic E-state index is 12.6. The number of aliphatic hydroxyl groups excluding tert-OH is 1. The predicted molar refractivity (Wildman–Crippen MR) is 148 cm³/mol. The van der Waals surface area contributed by atoms with Gasteiger partial charge in [0.15, 0.2) is 0 Å². The number of esters is 2. The third-order valence-electron chi connectivity index (χ3n) is 8.38. The van der Waals surface area contributed by atoms with Gasteiger partial charge in [-0.2, -0.15) is 0 Å². The molecule has 2 aromatic rings. The molecular weight excluding hydrogens is 476 g/mol. The van der Waals surface area contributed by atoms with Crippen LogP contribution in [-0.2, 0) is 32.3 Å². The fraction of sp³-hybridized carbons (Fsp3) is 0.576. The van der Waals surface area contributed by atoms with Crippen molar-refractivity contribution in [1.29, 1.82) is 0 Å². The molecule has 38 heavy (non-hydrogen) atoms. The van der Waals surface area contributed by atoms with E-state index in [2.05, 4.69) is 0 Å². The number of rotatable bonds is 18. The van der Waals surface area contributed by atoms with E-state index in [0.717, 1.165) is 101 Å². The Morgan fingerprint density at radius 2 is 1.03 bits per heavy atom. The van der Waals surface area contributed by atoms with Crippen LogP contribution in [0.3, 0.4) is 0 Å². The third-order valence-corrected chi connectivity index (χ3v) is 8.38. The van der Waals surface area contributed by atoms with Gasteiger partial charge in [-0.3, -0.25) is 9.59 Å². The first-order valence-corrected chi connectivity index (χ1v) is 14.6. The van der Waals surface area contributed by atoms with Gasteiger partial charge in [-0.25, -0.2) is 0 Å². The second-order valence-electron chi connectivity index (χ2n) is 11.5. The molecule has 0 aromatic heterocycles. The zero-order valence-electron chi connectivity index (χ0n) is 22.7. The number of ether oxygens (including phenoxy) is 2. The van der Waals surface area contributed by atoms with Gasteiger partial charge >= 0.3 is 11.9 Å². The first kappa shape index (κ1) is 28.4. The van der Waals surface area contributed by atoms with Crippen LogP contribution in [0.5, 0.6) is 0 Å². The van der Waals surface area contributed by atoms with Crippen molar-refractivity contribution in [3.63, 3.8) is 0 Å². The lowest BCUT2D eigenvalue weighted by Crippen LogP contribution is -2.19. The lowest BCUT2D eigenvalue weighted by atomic mass is 9.96. The molecule has 5 nitrogen and oxygen atoms in total. The molecule has 0 heterocycles. The summed E-state index contributed by atoms with van der Waals surface area (Å²) in [6, 6.07) is 19.7. The molecule has 2 saturated carbocycles. The highest BCUT2D eigenvalue weighted by Gasteiger charge is 2.51. The summed E-state index contributed by atoms with van der Waals surface area (Å²) in [5.41, 5.74) is 1.55. The minimum Gasteiger partial charge on any atom is -0.460 e. The van der Waals surface area contributed by atoms with E-state index in [4.69, 9.17) is 9.47 Å². The van der Waals surface area contributed by atoms with Gasteiger partial charge in [0.05, 0.1) is 16.9 Å². The topological polar surface area (TPSA) is 72.8 Å². The van der Waals surface area contributed by atoms with Crippen molar-refractivity contribution in [3.05, 3.63) is 71.8 Å². The van der Waals surface area contributed by atoms with Crippen molar-refractivity contribution in [2.24, 2.45) is 10.8 Å². The molecule has 2 aromatic carbocycles. The number of hydrogen-bond acceptors (Lipinski definition) is 5. The summed E-state index contributed by atoms with van der Waals surface area (Å²) in [5, 5.41) is 10.4. The third kappa shape index (κ3) is 8.69. The van der Waals surface area contributed by atoms with Crippen LogP contribution in [0.25, 0.3) is 0 Å². The molecule has 2 fully saturated rings. The molecule has 2 aliphatic carbocycles. The standard InChI is InChI=1S/C33H44O5/c34-29(17-9-3-11-19-32(21-22-32)30(35)37-25-27-13-5-1-6-14-27)18-10-4-12-20-33(23-24-33)31(36)38-26-28-15-7-2-8-16-28/h1-2,5-8,13-16,29,34H,3-4,9-12,17-26H2.